The number of hydrogen-bond donors (Lipinski definition) is 0. The SMILES string of the molecule is CCC(C)c1ccc2c(-c3cnccc3C)[n+](C)c(C)cc2c1. The maximum Gasteiger partial charge on any atom is 0.222 e. The highest BCUT2D eigenvalue weighted by Crippen LogP contribution is 2.30. The fourth-order valence-electron chi connectivity index (χ4n) is 3.18. The Morgan fingerprint density at radius 1 is 1.13 bits per heavy atom. The third-order valence-electron chi connectivity index (χ3n) is 5.04. The molecular formula is C21H25N2+. The van der Waals surface area contributed by atoms with Gasteiger partial charge in [0.1, 0.15) is 7.05 Å². The molecule has 0 radical (unpaired) electrons. The topological polar surface area (TPSA) is 16.8 Å². The van der Waals surface area contributed by atoms with Gasteiger partial charge in [-0.2, -0.15) is 4.57 Å². The summed E-state index contributed by atoms with van der Waals surface area (Å²) in [6, 6.07) is 11.3. The Labute approximate surface area is 138 Å². The zero-order valence-corrected chi connectivity index (χ0v) is 14.7. The van der Waals surface area contributed by atoms with E-state index in [1.807, 2.05) is 12.4 Å². The van der Waals surface area contributed by atoms with Gasteiger partial charge in [0.25, 0.3) is 0 Å². The largest absolute Gasteiger partial charge is 0.264 e. The Hall–Kier alpha value is -2.22. The van der Waals surface area contributed by atoms with Crippen LogP contribution in [0.1, 0.15) is 43.0 Å². The highest BCUT2D eigenvalue weighted by Gasteiger charge is 2.20. The molecule has 1 atom stereocenters. The van der Waals surface area contributed by atoms with Gasteiger partial charge >= 0.3 is 0 Å². The lowest BCUT2D eigenvalue weighted by atomic mass is 9.94. The van der Waals surface area contributed by atoms with Crippen molar-refractivity contribution in [1.82, 2.24) is 4.98 Å². The maximum atomic E-state index is 4.35. The van der Waals surface area contributed by atoms with E-state index in [0.29, 0.717) is 5.92 Å². The lowest BCUT2D eigenvalue weighted by molar-refractivity contribution is -0.665. The van der Waals surface area contributed by atoms with Gasteiger partial charge in [-0.15, -0.1) is 0 Å². The Balaban J connectivity index is 2.33. The van der Waals surface area contributed by atoms with E-state index in [2.05, 4.69) is 74.6 Å². The maximum absolute atomic E-state index is 4.35. The Morgan fingerprint density at radius 3 is 2.61 bits per heavy atom. The van der Waals surface area contributed by atoms with E-state index in [0.717, 1.165) is 0 Å². The van der Waals surface area contributed by atoms with Crippen LogP contribution in [0.4, 0.5) is 0 Å². The van der Waals surface area contributed by atoms with Gasteiger partial charge in [0.05, 0.1) is 10.9 Å². The summed E-state index contributed by atoms with van der Waals surface area (Å²) >= 11 is 0. The predicted octanol–water partition coefficient (Wildman–Crippen LogP) is 4.86. The second-order valence-corrected chi connectivity index (χ2v) is 6.54. The van der Waals surface area contributed by atoms with Crippen molar-refractivity contribution in [3.8, 4) is 11.3 Å². The summed E-state index contributed by atoms with van der Waals surface area (Å²) in [6.45, 7) is 8.86. The van der Waals surface area contributed by atoms with Crippen molar-refractivity contribution in [3.05, 3.63) is 59.5 Å². The minimum atomic E-state index is 0.595. The highest BCUT2D eigenvalue weighted by atomic mass is 14.9. The normalized spacial score (nSPS) is 12.6. The van der Waals surface area contributed by atoms with Crippen molar-refractivity contribution in [1.29, 1.82) is 0 Å². The zero-order valence-electron chi connectivity index (χ0n) is 14.7. The minimum absolute atomic E-state index is 0.595. The van der Waals surface area contributed by atoms with Gasteiger partial charge in [-0.25, -0.2) is 0 Å². The minimum Gasteiger partial charge on any atom is -0.264 e. The number of pyridine rings is 2. The van der Waals surface area contributed by atoms with Crippen molar-refractivity contribution < 1.29 is 4.57 Å². The summed E-state index contributed by atoms with van der Waals surface area (Å²) < 4.78 is 2.27. The Bertz CT molecular complexity index is 865. The second kappa shape index (κ2) is 6.11. The number of aromatic nitrogens is 2. The summed E-state index contributed by atoms with van der Waals surface area (Å²) in [5.41, 5.74) is 6.40. The Kier molecular flexibility index (Phi) is 4.16. The van der Waals surface area contributed by atoms with Crippen LogP contribution in [0, 0.1) is 13.8 Å². The van der Waals surface area contributed by atoms with Gasteiger partial charge in [0, 0.05) is 25.4 Å². The molecule has 0 aliphatic rings. The first-order valence-electron chi connectivity index (χ1n) is 8.37. The monoisotopic (exact) mass is 305 g/mol. The number of hydrogen-bond acceptors (Lipinski definition) is 1. The average Bonchev–Trinajstić information content (AvgIpc) is 2.56. The number of fused-ring (bicyclic) bond motifs is 1. The molecule has 1 unspecified atom stereocenters. The van der Waals surface area contributed by atoms with Gasteiger partial charge in [0.15, 0.2) is 5.69 Å². The standard InChI is InChI=1S/C21H25N2/c1-6-14(2)17-7-8-19-18(12-17)11-16(4)23(5)21(19)20-13-22-10-9-15(20)3/h7-14H,6H2,1-5H3/q+1. The molecule has 0 spiro atoms. The summed E-state index contributed by atoms with van der Waals surface area (Å²) in [5, 5.41) is 2.61. The summed E-state index contributed by atoms with van der Waals surface area (Å²) in [7, 11) is 2.14. The van der Waals surface area contributed by atoms with E-state index in [9.17, 15) is 0 Å². The first kappa shape index (κ1) is 15.7. The third-order valence-corrected chi connectivity index (χ3v) is 5.04. The van der Waals surface area contributed by atoms with Crippen LogP contribution in [0.25, 0.3) is 22.0 Å². The van der Waals surface area contributed by atoms with Crippen molar-refractivity contribution in [2.75, 3.05) is 0 Å². The van der Waals surface area contributed by atoms with E-state index >= 15 is 0 Å². The lowest BCUT2D eigenvalue weighted by Crippen LogP contribution is -2.35. The highest BCUT2D eigenvalue weighted by molar-refractivity contribution is 5.94. The first-order valence-corrected chi connectivity index (χ1v) is 8.37. The zero-order chi connectivity index (χ0) is 16.6. The number of rotatable bonds is 3. The lowest BCUT2D eigenvalue weighted by Gasteiger charge is -2.13. The molecule has 0 aliphatic carbocycles. The van der Waals surface area contributed by atoms with Crippen molar-refractivity contribution in [2.45, 2.75) is 40.0 Å². The van der Waals surface area contributed by atoms with E-state index in [1.54, 1.807) is 0 Å². The molecule has 0 bridgehead atoms. The van der Waals surface area contributed by atoms with Gasteiger partial charge in [-0.3, -0.25) is 4.98 Å². The molecule has 3 rings (SSSR count). The molecule has 2 heterocycles. The second-order valence-electron chi connectivity index (χ2n) is 6.54. The summed E-state index contributed by atoms with van der Waals surface area (Å²) in [5.74, 6) is 0.595. The molecular weight excluding hydrogens is 280 g/mol. The van der Waals surface area contributed by atoms with Gasteiger partial charge < -0.3 is 0 Å². The molecule has 1 aromatic carbocycles. The van der Waals surface area contributed by atoms with Crippen LogP contribution in [-0.4, -0.2) is 4.98 Å². The molecule has 2 heteroatoms. The molecule has 0 amide bonds. The van der Waals surface area contributed by atoms with Crippen LogP contribution in [0.15, 0.2) is 42.7 Å². The molecule has 3 aromatic rings. The first-order chi connectivity index (χ1) is 11.0. The van der Waals surface area contributed by atoms with Crippen molar-refractivity contribution in [3.63, 3.8) is 0 Å². The molecule has 2 nitrogen and oxygen atoms in total. The van der Waals surface area contributed by atoms with Gasteiger partial charge in [-0.05, 0) is 47.9 Å². The van der Waals surface area contributed by atoms with Crippen LogP contribution in [0.2, 0.25) is 0 Å². The molecule has 0 N–H and O–H groups in total. The molecule has 0 saturated heterocycles. The van der Waals surface area contributed by atoms with Crippen LogP contribution >= 0.6 is 0 Å². The third kappa shape index (κ3) is 2.74. The molecule has 2 aromatic heterocycles. The summed E-state index contributed by atoms with van der Waals surface area (Å²) in [6.07, 6.45) is 5.00. The molecule has 0 aliphatic heterocycles. The molecule has 23 heavy (non-hydrogen) atoms. The molecule has 0 fully saturated rings. The smallest absolute Gasteiger partial charge is 0.222 e. The van der Waals surface area contributed by atoms with Crippen molar-refractivity contribution in [2.24, 2.45) is 7.05 Å². The van der Waals surface area contributed by atoms with Crippen LogP contribution in [0.3, 0.4) is 0 Å². The van der Waals surface area contributed by atoms with Gasteiger partial charge in [0.2, 0.25) is 5.69 Å². The number of nitrogens with zero attached hydrogens (tertiary/aromatic N) is 2. The molecule has 118 valence electrons. The van der Waals surface area contributed by atoms with Gasteiger partial charge in [-0.1, -0.05) is 26.0 Å². The fraction of sp³-hybridized carbons (Fsp3) is 0.333. The summed E-state index contributed by atoms with van der Waals surface area (Å²) in [4.78, 5) is 4.35. The van der Waals surface area contributed by atoms with Crippen LogP contribution < -0.4 is 4.57 Å². The van der Waals surface area contributed by atoms with E-state index in [1.165, 1.54) is 45.3 Å². The molecule has 0 saturated carbocycles. The predicted molar refractivity (Wildman–Crippen MR) is 96.5 cm³/mol. The van der Waals surface area contributed by atoms with Crippen LogP contribution in [0.5, 0.6) is 0 Å². The number of aryl methyl sites for hydroxylation is 2. The Morgan fingerprint density at radius 2 is 1.91 bits per heavy atom. The van der Waals surface area contributed by atoms with E-state index < -0.39 is 0 Å². The number of benzene rings is 1. The van der Waals surface area contributed by atoms with Crippen LogP contribution in [-0.2, 0) is 7.05 Å². The van der Waals surface area contributed by atoms with E-state index in [-0.39, 0.29) is 0 Å². The van der Waals surface area contributed by atoms with E-state index in [4.69, 9.17) is 0 Å². The van der Waals surface area contributed by atoms with Crippen molar-refractivity contribution >= 4 is 10.8 Å². The average molecular weight is 305 g/mol. The quantitative estimate of drug-likeness (QED) is 0.632. The fourth-order valence-corrected chi connectivity index (χ4v) is 3.18.